The average molecular weight is 363 g/mol. The number of nitrogens with one attached hydrogen (secondary N) is 1. The first-order chi connectivity index (χ1) is 13.1. The van der Waals surface area contributed by atoms with E-state index in [0.29, 0.717) is 23.6 Å². The van der Waals surface area contributed by atoms with Crippen LogP contribution in [0.25, 0.3) is 0 Å². The van der Waals surface area contributed by atoms with Crippen molar-refractivity contribution in [3.05, 3.63) is 53.7 Å². The Bertz CT molecular complexity index is 817. The normalized spacial score (nSPS) is 14.5. The van der Waals surface area contributed by atoms with Gasteiger partial charge in [0.15, 0.2) is 0 Å². The molecule has 140 valence electrons. The number of amides is 1. The molecule has 1 aliphatic heterocycles. The number of benzene rings is 1. The minimum atomic E-state index is -0.0285. The zero-order chi connectivity index (χ0) is 19.2. The number of anilines is 2. The number of hydrogen-bond donors (Lipinski definition) is 1. The molecule has 1 saturated heterocycles. The van der Waals surface area contributed by atoms with Crippen LogP contribution >= 0.6 is 0 Å². The van der Waals surface area contributed by atoms with Gasteiger partial charge in [0.25, 0.3) is 5.91 Å². The molecule has 0 atom stereocenters. The molecule has 6 nitrogen and oxygen atoms in total. The maximum Gasteiger partial charge on any atom is 0.251 e. The Morgan fingerprint density at radius 3 is 2.59 bits per heavy atom. The van der Waals surface area contributed by atoms with Gasteiger partial charge in [0.05, 0.1) is 5.56 Å². The lowest BCUT2D eigenvalue weighted by atomic mass is 9.96. The molecule has 0 saturated carbocycles. The second kappa shape index (κ2) is 8.54. The van der Waals surface area contributed by atoms with E-state index >= 15 is 0 Å². The Kier molecular flexibility index (Phi) is 5.92. The molecule has 1 aromatic heterocycles. The third kappa shape index (κ3) is 4.56. The lowest BCUT2D eigenvalue weighted by molar-refractivity contribution is 0.0945. The Hall–Kier alpha value is -3.07. The van der Waals surface area contributed by atoms with Crippen LogP contribution in [0.4, 0.5) is 11.5 Å². The Morgan fingerprint density at radius 1 is 1.26 bits per heavy atom. The van der Waals surface area contributed by atoms with Crippen LogP contribution in [0.1, 0.15) is 28.8 Å². The van der Waals surface area contributed by atoms with E-state index in [1.165, 1.54) is 0 Å². The molecule has 0 radical (unpaired) electrons. The number of nitriles is 1. The molecule has 1 amide bonds. The third-order valence-corrected chi connectivity index (χ3v) is 5.02. The molecular weight excluding hydrogens is 338 g/mol. The van der Waals surface area contributed by atoms with Gasteiger partial charge in [0.2, 0.25) is 0 Å². The minimum absolute atomic E-state index is 0.0285. The van der Waals surface area contributed by atoms with E-state index in [1.807, 2.05) is 43.3 Å². The first-order valence-electron chi connectivity index (χ1n) is 9.24. The molecule has 1 aliphatic rings. The van der Waals surface area contributed by atoms with Crippen LogP contribution < -0.4 is 15.1 Å². The fourth-order valence-corrected chi connectivity index (χ4v) is 3.34. The van der Waals surface area contributed by atoms with E-state index in [9.17, 15) is 10.1 Å². The summed E-state index contributed by atoms with van der Waals surface area (Å²) < 4.78 is 0. The van der Waals surface area contributed by atoms with Crippen molar-refractivity contribution in [2.45, 2.75) is 12.8 Å². The van der Waals surface area contributed by atoms with E-state index < -0.39 is 0 Å². The van der Waals surface area contributed by atoms with Crippen molar-refractivity contribution >= 4 is 17.4 Å². The summed E-state index contributed by atoms with van der Waals surface area (Å²) in [4.78, 5) is 20.9. The number of pyridine rings is 1. The van der Waals surface area contributed by atoms with Crippen LogP contribution in [0, 0.1) is 17.2 Å². The molecule has 0 aliphatic carbocycles. The summed E-state index contributed by atoms with van der Waals surface area (Å²) in [6, 6.07) is 13.4. The second-order valence-electron chi connectivity index (χ2n) is 7.07. The topological polar surface area (TPSA) is 72.3 Å². The van der Waals surface area contributed by atoms with Crippen LogP contribution in [-0.2, 0) is 0 Å². The van der Waals surface area contributed by atoms with Crippen molar-refractivity contribution in [3.8, 4) is 6.07 Å². The fraction of sp³-hybridized carbons (Fsp3) is 0.381. The number of nitrogens with zero attached hydrogens (tertiary/aromatic N) is 4. The number of rotatable bonds is 5. The lowest BCUT2D eigenvalue weighted by Gasteiger charge is -2.33. The number of hydrogen-bond acceptors (Lipinski definition) is 5. The summed E-state index contributed by atoms with van der Waals surface area (Å²) in [6.45, 7) is 2.38. The first kappa shape index (κ1) is 18.7. The van der Waals surface area contributed by atoms with Crippen molar-refractivity contribution in [1.82, 2.24) is 10.3 Å². The summed E-state index contributed by atoms with van der Waals surface area (Å²) in [5.41, 5.74) is 2.38. The number of carbonyl (C=O) groups is 1. The molecule has 0 unspecified atom stereocenters. The van der Waals surface area contributed by atoms with Gasteiger partial charge < -0.3 is 15.1 Å². The summed E-state index contributed by atoms with van der Waals surface area (Å²) in [6.07, 6.45) is 3.67. The molecule has 1 aromatic carbocycles. The van der Waals surface area contributed by atoms with E-state index in [-0.39, 0.29) is 5.91 Å². The number of aromatic nitrogens is 1. The summed E-state index contributed by atoms with van der Waals surface area (Å²) in [5, 5.41) is 12.3. The molecule has 2 aromatic rings. The monoisotopic (exact) mass is 363 g/mol. The number of piperidine rings is 1. The molecule has 1 fully saturated rings. The molecule has 6 heteroatoms. The summed E-state index contributed by atoms with van der Waals surface area (Å²) in [7, 11) is 3.96. The first-order valence-corrected chi connectivity index (χ1v) is 9.24. The predicted molar refractivity (Wildman–Crippen MR) is 107 cm³/mol. The zero-order valence-electron chi connectivity index (χ0n) is 15.9. The highest BCUT2D eigenvalue weighted by atomic mass is 16.1. The Labute approximate surface area is 160 Å². The minimum Gasteiger partial charge on any atom is -0.378 e. The van der Waals surface area contributed by atoms with Crippen LogP contribution in [0.2, 0.25) is 0 Å². The van der Waals surface area contributed by atoms with Gasteiger partial charge in [0, 0.05) is 51.2 Å². The van der Waals surface area contributed by atoms with Gasteiger partial charge in [-0.25, -0.2) is 4.98 Å². The van der Waals surface area contributed by atoms with Crippen molar-refractivity contribution in [2.24, 2.45) is 5.92 Å². The number of carbonyl (C=O) groups excluding carboxylic acids is 1. The fourth-order valence-electron chi connectivity index (χ4n) is 3.34. The maximum absolute atomic E-state index is 12.4. The summed E-state index contributed by atoms with van der Waals surface area (Å²) in [5.74, 6) is 1.18. The second-order valence-corrected chi connectivity index (χ2v) is 7.07. The van der Waals surface area contributed by atoms with E-state index in [2.05, 4.69) is 21.3 Å². The van der Waals surface area contributed by atoms with Crippen molar-refractivity contribution in [2.75, 3.05) is 43.5 Å². The lowest BCUT2D eigenvalue weighted by Crippen LogP contribution is -2.39. The van der Waals surface area contributed by atoms with Gasteiger partial charge in [-0.15, -0.1) is 0 Å². The smallest absolute Gasteiger partial charge is 0.251 e. The van der Waals surface area contributed by atoms with Crippen LogP contribution in [-0.4, -0.2) is 44.6 Å². The van der Waals surface area contributed by atoms with Gasteiger partial charge in [-0.2, -0.15) is 5.26 Å². The highest BCUT2D eigenvalue weighted by molar-refractivity contribution is 5.94. The van der Waals surface area contributed by atoms with Crippen molar-refractivity contribution in [3.63, 3.8) is 0 Å². The average Bonchev–Trinajstić information content (AvgIpc) is 2.72. The Morgan fingerprint density at radius 2 is 1.96 bits per heavy atom. The van der Waals surface area contributed by atoms with Crippen LogP contribution in [0.3, 0.4) is 0 Å². The van der Waals surface area contributed by atoms with Crippen LogP contribution in [0.5, 0.6) is 0 Å². The van der Waals surface area contributed by atoms with Crippen molar-refractivity contribution in [1.29, 1.82) is 5.26 Å². The molecule has 3 rings (SSSR count). The van der Waals surface area contributed by atoms with Crippen molar-refractivity contribution < 1.29 is 4.79 Å². The van der Waals surface area contributed by atoms with Gasteiger partial charge in [0.1, 0.15) is 11.9 Å². The SMILES string of the molecule is CN(C)c1ccc(C(=O)NCC2CCN(c3ncccc3C#N)CC2)cc1. The molecule has 1 N–H and O–H groups in total. The molecule has 0 bridgehead atoms. The molecular formula is C21H25N5O. The van der Waals surface area contributed by atoms with E-state index in [1.54, 1.807) is 18.3 Å². The van der Waals surface area contributed by atoms with Gasteiger partial charge in [-0.3, -0.25) is 4.79 Å². The van der Waals surface area contributed by atoms with Crippen LogP contribution in [0.15, 0.2) is 42.6 Å². The predicted octanol–water partition coefficient (Wildman–Crippen LogP) is 2.67. The van der Waals surface area contributed by atoms with E-state index in [4.69, 9.17) is 0 Å². The highest BCUT2D eigenvalue weighted by Crippen LogP contribution is 2.24. The highest BCUT2D eigenvalue weighted by Gasteiger charge is 2.22. The van der Waals surface area contributed by atoms with Gasteiger partial charge >= 0.3 is 0 Å². The standard InChI is InChI=1S/C21H25N5O/c1-25(2)19-7-5-17(6-8-19)21(27)24-15-16-9-12-26(13-10-16)20-18(14-22)4-3-11-23-20/h3-8,11,16H,9-10,12-13,15H2,1-2H3,(H,24,27). The van der Waals surface area contributed by atoms with Gasteiger partial charge in [-0.1, -0.05) is 0 Å². The molecule has 27 heavy (non-hydrogen) atoms. The Balaban J connectivity index is 1.49. The summed E-state index contributed by atoms with van der Waals surface area (Å²) >= 11 is 0. The largest absolute Gasteiger partial charge is 0.378 e. The third-order valence-electron chi connectivity index (χ3n) is 5.02. The molecule has 2 heterocycles. The quantitative estimate of drug-likeness (QED) is 0.884. The van der Waals surface area contributed by atoms with Gasteiger partial charge in [-0.05, 0) is 55.2 Å². The maximum atomic E-state index is 12.4. The molecule has 0 spiro atoms. The van der Waals surface area contributed by atoms with E-state index in [0.717, 1.165) is 37.4 Å². The zero-order valence-corrected chi connectivity index (χ0v) is 15.9.